The van der Waals surface area contributed by atoms with Crippen LogP contribution < -0.4 is 5.32 Å². The highest BCUT2D eigenvalue weighted by Gasteiger charge is 2.08. The molecule has 1 atom stereocenters. The van der Waals surface area contributed by atoms with E-state index in [1.54, 1.807) is 4.68 Å². The van der Waals surface area contributed by atoms with Crippen LogP contribution in [0.15, 0.2) is 12.4 Å². The Morgan fingerprint density at radius 1 is 1.59 bits per heavy atom. The monoisotopic (exact) mass is 240 g/mol. The number of aryl methyl sites for hydroxylation is 1. The number of hydrogen-bond donors (Lipinski definition) is 2. The third kappa shape index (κ3) is 5.81. The molecule has 0 spiro atoms. The second kappa shape index (κ2) is 7.42. The average molecular weight is 240 g/mol. The van der Waals surface area contributed by atoms with E-state index in [1.165, 1.54) is 5.56 Å². The van der Waals surface area contributed by atoms with E-state index in [1.807, 2.05) is 26.5 Å². The van der Waals surface area contributed by atoms with Gasteiger partial charge in [-0.15, -0.1) is 0 Å². The molecular formula is C12H24N4O. The maximum atomic E-state index is 9.80. The highest BCUT2D eigenvalue weighted by Crippen LogP contribution is 2.01. The molecule has 2 N–H and O–H groups in total. The summed E-state index contributed by atoms with van der Waals surface area (Å²) in [4.78, 5) is 2.11. The van der Waals surface area contributed by atoms with E-state index < -0.39 is 0 Å². The minimum absolute atomic E-state index is 0.316. The van der Waals surface area contributed by atoms with Crippen LogP contribution in [0.1, 0.15) is 18.9 Å². The number of rotatable bonds is 8. The maximum absolute atomic E-state index is 9.80. The van der Waals surface area contributed by atoms with Crippen LogP contribution >= 0.6 is 0 Å². The Balaban J connectivity index is 2.21. The first-order valence-corrected chi connectivity index (χ1v) is 6.16. The zero-order valence-electron chi connectivity index (χ0n) is 11.1. The number of aromatic nitrogens is 2. The molecule has 0 aromatic carbocycles. The van der Waals surface area contributed by atoms with Crippen LogP contribution in [0, 0.1) is 0 Å². The summed E-state index contributed by atoms with van der Waals surface area (Å²) in [6, 6.07) is 0. The topological polar surface area (TPSA) is 53.3 Å². The van der Waals surface area contributed by atoms with Gasteiger partial charge in [-0.05, 0) is 20.0 Å². The fraction of sp³-hybridized carbons (Fsp3) is 0.750. The zero-order valence-corrected chi connectivity index (χ0v) is 11.1. The van der Waals surface area contributed by atoms with E-state index in [0.29, 0.717) is 13.1 Å². The molecule has 0 bridgehead atoms. The first-order chi connectivity index (χ1) is 8.11. The molecule has 1 unspecified atom stereocenters. The molecule has 0 saturated carbocycles. The van der Waals surface area contributed by atoms with Gasteiger partial charge in [0, 0.05) is 38.4 Å². The van der Waals surface area contributed by atoms with Gasteiger partial charge in [0.05, 0.1) is 12.3 Å². The Morgan fingerprint density at radius 3 is 2.94 bits per heavy atom. The fourth-order valence-corrected chi connectivity index (χ4v) is 1.80. The van der Waals surface area contributed by atoms with E-state index >= 15 is 0 Å². The van der Waals surface area contributed by atoms with Crippen molar-refractivity contribution in [3.8, 4) is 0 Å². The first kappa shape index (κ1) is 14.2. The van der Waals surface area contributed by atoms with Crippen LogP contribution in [-0.4, -0.2) is 52.6 Å². The minimum Gasteiger partial charge on any atom is -0.390 e. The molecule has 0 saturated heterocycles. The van der Waals surface area contributed by atoms with Crippen LogP contribution in [0.4, 0.5) is 0 Å². The number of aliphatic hydroxyl groups is 1. The first-order valence-electron chi connectivity index (χ1n) is 6.16. The van der Waals surface area contributed by atoms with Crippen molar-refractivity contribution in [3.63, 3.8) is 0 Å². The Morgan fingerprint density at radius 2 is 2.35 bits per heavy atom. The van der Waals surface area contributed by atoms with Crippen molar-refractivity contribution >= 4 is 0 Å². The number of nitrogens with zero attached hydrogens (tertiary/aromatic N) is 3. The minimum atomic E-state index is -0.316. The van der Waals surface area contributed by atoms with Crippen molar-refractivity contribution in [2.24, 2.45) is 7.05 Å². The van der Waals surface area contributed by atoms with Gasteiger partial charge >= 0.3 is 0 Å². The van der Waals surface area contributed by atoms with Gasteiger partial charge in [0.25, 0.3) is 0 Å². The van der Waals surface area contributed by atoms with Crippen LogP contribution in [-0.2, 0) is 13.6 Å². The molecule has 1 aromatic heterocycles. The molecule has 0 aliphatic carbocycles. The van der Waals surface area contributed by atoms with Crippen LogP contribution in [0.25, 0.3) is 0 Å². The van der Waals surface area contributed by atoms with Crippen LogP contribution in [0.3, 0.4) is 0 Å². The summed E-state index contributed by atoms with van der Waals surface area (Å²) in [5, 5.41) is 17.1. The normalized spacial score (nSPS) is 13.2. The van der Waals surface area contributed by atoms with Crippen LogP contribution in [0.5, 0.6) is 0 Å². The lowest BCUT2D eigenvalue weighted by molar-refractivity contribution is 0.121. The van der Waals surface area contributed by atoms with E-state index in [-0.39, 0.29) is 6.10 Å². The molecule has 5 heteroatoms. The highest BCUT2D eigenvalue weighted by atomic mass is 16.3. The van der Waals surface area contributed by atoms with Gasteiger partial charge in [0.15, 0.2) is 0 Å². The van der Waals surface area contributed by atoms with Gasteiger partial charge in [-0.25, -0.2) is 0 Å². The maximum Gasteiger partial charge on any atom is 0.0791 e. The lowest BCUT2D eigenvalue weighted by Gasteiger charge is -2.20. The summed E-state index contributed by atoms with van der Waals surface area (Å²) in [5.74, 6) is 0. The van der Waals surface area contributed by atoms with Crippen molar-refractivity contribution in [2.45, 2.75) is 26.0 Å². The molecule has 0 aliphatic rings. The standard InChI is InChI=1S/C12H24N4O/c1-4-5-13-7-12(17)10-15(2)8-11-6-14-16(3)9-11/h6,9,12-13,17H,4-5,7-8,10H2,1-3H3. The second-order valence-corrected chi connectivity index (χ2v) is 4.58. The zero-order chi connectivity index (χ0) is 12.7. The second-order valence-electron chi connectivity index (χ2n) is 4.58. The van der Waals surface area contributed by atoms with Crippen molar-refractivity contribution < 1.29 is 5.11 Å². The third-order valence-corrected chi connectivity index (χ3v) is 2.54. The molecule has 0 fully saturated rings. The Bertz CT molecular complexity index is 313. The van der Waals surface area contributed by atoms with Crippen molar-refractivity contribution in [3.05, 3.63) is 18.0 Å². The largest absolute Gasteiger partial charge is 0.390 e. The lowest BCUT2D eigenvalue weighted by atomic mass is 10.3. The predicted octanol–water partition coefficient (Wildman–Crippen LogP) is 0.212. The molecule has 0 amide bonds. The van der Waals surface area contributed by atoms with E-state index in [9.17, 15) is 5.11 Å². The predicted molar refractivity (Wildman–Crippen MR) is 68.7 cm³/mol. The average Bonchev–Trinajstić information content (AvgIpc) is 2.64. The summed E-state index contributed by atoms with van der Waals surface area (Å²) in [6.45, 7) is 5.23. The summed E-state index contributed by atoms with van der Waals surface area (Å²) >= 11 is 0. The fourth-order valence-electron chi connectivity index (χ4n) is 1.80. The highest BCUT2D eigenvalue weighted by molar-refractivity contribution is 5.02. The SMILES string of the molecule is CCCNCC(O)CN(C)Cc1cnn(C)c1. The quantitative estimate of drug-likeness (QED) is 0.638. The number of nitrogens with one attached hydrogen (secondary N) is 1. The van der Waals surface area contributed by atoms with Gasteiger partial charge < -0.3 is 10.4 Å². The summed E-state index contributed by atoms with van der Waals surface area (Å²) < 4.78 is 1.79. The van der Waals surface area contributed by atoms with Crippen molar-refractivity contribution in [1.82, 2.24) is 20.0 Å². The summed E-state index contributed by atoms with van der Waals surface area (Å²) in [5.41, 5.74) is 1.17. The molecule has 1 aromatic rings. The lowest BCUT2D eigenvalue weighted by Crippen LogP contribution is -2.36. The van der Waals surface area contributed by atoms with Gasteiger partial charge in [0.2, 0.25) is 0 Å². The Kier molecular flexibility index (Phi) is 6.18. The Hall–Kier alpha value is -0.910. The number of likely N-dealkylation sites (N-methyl/N-ethyl adjacent to an activating group) is 1. The van der Waals surface area contributed by atoms with Gasteiger partial charge in [-0.2, -0.15) is 5.10 Å². The summed E-state index contributed by atoms with van der Waals surface area (Å²) in [7, 11) is 3.92. The molecule has 5 nitrogen and oxygen atoms in total. The molecule has 1 rings (SSSR count). The van der Waals surface area contributed by atoms with E-state index in [0.717, 1.165) is 19.5 Å². The molecule has 98 valence electrons. The molecular weight excluding hydrogens is 216 g/mol. The van der Waals surface area contributed by atoms with E-state index in [2.05, 4.69) is 22.2 Å². The number of hydrogen-bond acceptors (Lipinski definition) is 4. The van der Waals surface area contributed by atoms with E-state index in [4.69, 9.17) is 0 Å². The molecule has 17 heavy (non-hydrogen) atoms. The van der Waals surface area contributed by atoms with Gasteiger partial charge in [0.1, 0.15) is 0 Å². The number of aliphatic hydroxyl groups excluding tert-OH is 1. The van der Waals surface area contributed by atoms with Crippen LogP contribution in [0.2, 0.25) is 0 Å². The third-order valence-electron chi connectivity index (χ3n) is 2.54. The molecule has 0 aliphatic heterocycles. The smallest absolute Gasteiger partial charge is 0.0791 e. The summed E-state index contributed by atoms with van der Waals surface area (Å²) in [6.07, 6.45) is 4.64. The van der Waals surface area contributed by atoms with Crippen molar-refractivity contribution in [1.29, 1.82) is 0 Å². The molecule has 1 heterocycles. The molecule has 0 radical (unpaired) electrons. The van der Waals surface area contributed by atoms with Gasteiger partial charge in [-0.3, -0.25) is 9.58 Å². The van der Waals surface area contributed by atoms with Gasteiger partial charge in [-0.1, -0.05) is 6.92 Å². The Labute approximate surface area is 103 Å². The van der Waals surface area contributed by atoms with Crippen molar-refractivity contribution in [2.75, 3.05) is 26.7 Å².